The molecule has 1 heterocycles. The Balaban J connectivity index is 1.76. The van der Waals surface area contributed by atoms with Crippen LogP contribution in [-0.4, -0.2) is 16.5 Å². The van der Waals surface area contributed by atoms with E-state index >= 15 is 0 Å². The lowest BCUT2D eigenvalue weighted by Gasteiger charge is -2.33. The molecule has 0 unspecified atom stereocenters. The minimum absolute atomic E-state index is 0.000521. The van der Waals surface area contributed by atoms with Crippen LogP contribution in [-0.2, 0) is 4.79 Å². The maximum atomic E-state index is 13.2. The Labute approximate surface area is 160 Å². The number of dihydropyridines is 1. The van der Waals surface area contributed by atoms with E-state index in [1.54, 1.807) is 18.2 Å². The van der Waals surface area contributed by atoms with E-state index in [-0.39, 0.29) is 17.3 Å². The van der Waals surface area contributed by atoms with Crippen LogP contribution in [0.2, 0.25) is 0 Å². The molecule has 28 heavy (non-hydrogen) atoms. The number of benzene rings is 2. The molecule has 0 saturated heterocycles. The van der Waals surface area contributed by atoms with Crippen LogP contribution in [0.15, 0.2) is 65.4 Å². The second kappa shape index (κ2) is 5.99. The van der Waals surface area contributed by atoms with E-state index in [0.29, 0.717) is 28.7 Å². The van der Waals surface area contributed by atoms with E-state index in [0.717, 1.165) is 29.8 Å². The summed E-state index contributed by atoms with van der Waals surface area (Å²) in [4.78, 5) is 36.9. The van der Waals surface area contributed by atoms with Gasteiger partial charge in [-0.2, -0.15) is 0 Å². The average molecular weight is 372 g/mol. The van der Waals surface area contributed by atoms with Gasteiger partial charge in [-0.15, -0.1) is 0 Å². The van der Waals surface area contributed by atoms with Crippen molar-refractivity contribution in [2.45, 2.75) is 25.2 Å². The van der Waals surface area contributed by atoms with Crippen molar-refractivity contribution in [2.24, 2.45) is 0 Å². The van der Waals surface area contributed by atoms with Crippen molar-refractivity contribution < 1.29 is 14.5 Å². The van der Waals surface area contributed by atoms with Crippen LogP contribution in [0.25, 0.3) is 5.70 Å². The van der Waals surface area contributed by atoms with Crippen molar-refractivity contribution in [2.75, 3.05) is 0 Å². The number of rotatable bonds is 2. The van der Waals surface area contributed by atoms with Gasteiger partial charge in [-0.05, 0) is 18.4 Å². The molecule has 1 aliphatic heterocycles. The summed E-state index contributed by atoms with van der Waals surface area (Å²) in [5, 5.41) is 14.6. The van der Waals surface area contributed by atoms with Crippen LogP contribution in [0.1, 0.15) is 46.7 Å². The highest BCUT2D eigenvalue weighted by Gasteiger charge is 2.43. The van der Waals surface area contributed by atoms with Gasteiger partial charge in [0, 0.05) is 52.4 Å². The molecule has 1 N–H and O–H groups in total. The number of nitrogens with one attached hydrogen (secondary N) is 1. The molecule has 2 aromatic rings. The molecule has 0 amide bonds. The predicted molar refractivity (Wildman–Crippen MR) is 103 cm³/mol. The Hall–Kier alpha value is -3.54. The number of ketones is 2. The molecule has 2 aromatic carbocycles. The quantitative estimate of drug-likeness (QED) is 0.638. The SMILES string of the molecule is O=C1CCCC2=C1[C@@H](c1cccc([N+](=O)[O-])c1)C1=C(N2)c2ccccc2C1=O. The van der Waals surface area contributed by atoms with E-state index in [9.17, 15) is 19.7 Å². The highest BCUT2D eigenvalue weighted by molar-refractivity contribution is 6.23. The summed E-state index contributed by atoms with van der Waals surface area (Å²) in [6.45, 7) is 0. The maximum absolute atomic E-state index is 13.2. The van der Waals surface area contributed by atoms with Gasteiger partial charge in [-0.3, -0.25) is 19.7 Å². The molecule has 0 fully saturated rings. The first-order valence-corrected chi connectivity index (χ1v) is 9.22. The number of carbonyl (C=O) groups excluding carboxylic acids is 2. The van der Waals surface area contributed by atoms with Gasteiger partial charge in [0.25, 0.3) is 5.69 Å². The van der Waals surface area contributed by atoms with Gasteiger partial charge in [-0.25, -0.2) is 0 Å². The monoisotopic (exact) mass is 372 g/mol. The first kappa shape index (κ1) is 16.6. The number of hydrogen-bond donors (Lipinski definition) is 1. The van der Waals surface area contributed by atoms with Crippen molar-refractivity contribution in [3.63, 3.8) is 0 Å². The zero-order valence-corrected chi connectivity index (χ0v) is 14.9. The zero-order chi connectivity index (χ0) is 19.4. The van der Waals surface area contributed by atoms with Crippen LogP contribution >= 0.6 is 0 Å². The summed E-state index contributed by atoms with van der Waals surface area (Å²) >= 11 is 0. The molecule has 3 aliphatic rings. The lowest BCUT2D eigenvalue weighted by atomic mass is 9.75. The van der Waals surface area contributed by atoms with Gasteiger partial charge < -0.3 is 5.32 Å². The smallest absolute Gasteiger partial charge is 0.269 e. The van der Waals surface area contributed by atoms with Crippen LogP contribution in [0.4, 0.5) is 5.69 Å². The van der Waals surface area contributed by atoms with E-state index in [2.05, 4.69) is 5.32 Å². The summed E-state index contributed by atoms with van der Waals surface area (Å²) in [7, 11) is 0. The molecule has 5 rings (SSSR count). The minimum Gasteiger partial charge on any atom is -0.358 e. The lowest BCUT2D eigenvalue weighted by molar-refractivity contribution is -0.384. The van der Waals surface area contributed by atoms with E-state index in [1.165, 1.54) is 12.1 Å². The number of carbonyl (C=O) groups is 2. The standard InChI is InChI=1S/C22H16N2O4/c25-17-10-4-9-16-19(17)18(12-5-3-6-13(11-12)24(27)28)20-21(23-16)14-7-1-2-8-15(14)22(20)26/h1-3,5-8,11,18,23H,4,9-10H2/t18-/m1/s1. The average Bonchev–Trinajstić information content (AvgIpc) is 2.99. The summed E-state index contributed by atoms with van der Waals surface area (Å²) in [5.74, 6) is -0.709. The number of nitro benzene ring substituents is 1. The zero-order valence-electron chi connectivity index (χ0n) is 14.9. The van der Waals surface area contributed by atoms with E-state index in [1.807, 2.05) is 18.2 Å². The number of nitrogens with zero attached hydrogens (tertiary/aromatic N) is 1. The first-order valence-electron chi connectivity index (χ1n) is 9.22. The number of Topliss-reactive ketones (excluding diaryl/α,β-unsaturated/α-hetero) is 2. The largest absolute Gasteiger partial charge is 0.358 e. The normalized spacial score (nSPS) is 20.5. The Bertz CT molecular complexity index is 1140. The van der Waals surface area contributed by atoms with Crippen molar-refractivity contribution >= 4 is 23.0 Å². The highest BCUT2D eigenvalue weighted by Crippen LogP contribution is 2.48. The van der Waals surface area contributed by atoms with Gasteiger partial charge in [0.2, 0.25) is 0 Å². The third-order valence-electron chi connectivity index (χ3n) is 5.68. The van der Waals surface area contributed by atoms with Crippen LogP contribution in [0, 0.1) is 10.1 Å². The molecule has 0 aromatic heterocycles. The molecule has 138 valence electrons. The number of nitro groups is 1. The molecule has 2 aliphatic carbocycles. The van der Waals surface area contributed by atoms with Gasteiger partial charge in [-0.1, -0.05) is 36.4 Å². The fourth-order valence-electron chi connectivity index (χ4n) is 4.49. The summed E-state index contributed by atoms with van der Waals surface area (Å²) < 4.78 is 0. The Morgan fingerprint density at radius 3 is 2.54 bits per heavy atom. The van der Waals surface area contributed by atoms with E-state index in [4.69, 9.17) is 0 Å². The van der Waals surface area contributed by atoms with Crippen molar-refractivity contribution in [3.05, 3.63) is 92.2 Å². The fourth-order valence-corrected chi connectivity index (χ4v) is 4.49. The van der Waals surface area contributed by atoms with Gasteiger partial charge in [0.05, 0.1) is 10.6 Å². The molecule has 0 bridgehead atoms. The Morgan fingerprint density at radius 1 is 0.964 bits per heavy atom. The lowest BCUT2D eigenvalue weighted by Crippen LogP contribution is -2.31. The van der Waals surface area contributed by atoms with Crippen LogP contribution in [0.5, 0.6) is 0 Å². The van der Waals surface area contributed by atoms with Crippen LogP contribution in [0.3, 0.4) is 0 Å². The second-order valence-electron chi connectivity index (χ2n) is 7.24. The molecule has 6 heteroatoms. The molecule has 1 atom stereocenters. The van der Waals surface area contributed by atoms with Gasteiger partial charge >= 0.3 is 0 Å². The summed E-state index contributed by atoms with van der Waals surface area (Å²) in [6.07, 6.45) is 1.90. The Kier molecular flexibility index (Phi) is 3.55. The highest BCUT2D eigenvalue weighted by atomic mass is 16.6. The van der Waals surface area contributed by atoms with Gasteiger partial charge in [0.1, 0.15) is 0 Å². The van der Waals surface area contributed by atoms with Gasteiger partial charge in [0.15, 0.2) is 11.6 Å². The summed E-state index contributed by atoms with van der Waals surface area (Å²) in [5.41, 5.74) is 4.62. The van der Waals surface area contributed by atoms with Crippen molar-refractivity contribution in [1.82, 2.24) is 5.32 Å². The predicted octanol–water partition coefficient (Wildman–Crippen LogP) is 3.90. The molecule has 0 radical (unpaired) electrons. The molecular weight excluding hydrogens is 356 g/mol. The number of fused-ring (bicyclic) bond motifs is 2. The first-order chi connectivity index (χ1) is 13.6. The fraction of sp³-hybridized carbons (Fsp3) is 0.182. The number of non-ortho nitro benzene ring substituents is 1. The Morgan fingerprint density at radius 2 is 1.75 bits per heavy atom. The molecular formula is C22H16N2O4. The second-order valence-corrected chi connectivity index (χ2v) is 7.24. The number of hydrogen-bond acceptors (Lipinski definition) is 5. The molecule has 6 nitrogen and oxygen atoms in total. The topological polar surface area (TPSA) is 89.3 Å². The van der Waals surface area contributed by atoms with Crippen LogP contribution < -0.4 is 5.32 Å². The molecule has 0 saturated carbocycles. The maximum Gasteiger partial charge on any atom is 0.269 e. The van der Waals surface area contributed by atoms with Crippen molar-refractivity contribution in [3.8, 4) is 0 Å². The number of allylic oxidation sites excluding steroid dienone is 3. The van der Waals surface area contributed by atoms with E-state index < -0.39 is 10.8 Å². The molecule has 0 spiro atoms. The third-order valence-corrected chi connectivity index (χ3v) is 5.68. The van der Waals surface area contributed by atoms with Crippen molar-refractivity contribution in [1.29, 1.82) is 0 Å². The summed E-state index contributed by atoms with van der Waals surface area (Å²) in [6, 6.07) is 13.6. The minimum atomic E-state index is -0.584. The third kappa shape index (κ3) is 2.27.